The van der Waals surface area contributed by atoms with Gasteiger partial charge in [0.15, 0.2) is 0 Å². The van der Waals surface area contributed by atoms with Gasteiger partial charge in [0.05, 0.1) is 4.92 Å². The number of benzene rings is 1. The molecule has 0 radical (unpaired) electrons. The van der Waals surface area contributed by atoms with Gasteiger partial charge in [0, 0.05) is 11.1 Å². The van der Waals surface area contributed by atoms with Crippen LogP contribution in [0.25, 0.3) is 0 Å². The zero-order valence-electron chi connectivity index (χ0n) is 7.55. The Bertz CT molecular complexity index is 469. The summed E-state index contributed by atoms with van der Waals surface area (Å²) in [5.74, 6) is 0. The molecule has 0 aliphatic carbocycles. The van der Waals surface area contributed by atoms with Crippen molar-refractivity contribution in [2.45, 2.75) is 6.92 Å². The van der Waals surface area contributed by atoms with E-state index in [1.54, 1.807) is 0 Å². The van der Waals surface area contributed by atoms with Gasteiger partial charge in [0.2, 0.25) is 0 Å². The van der Waals surface area contributed by atoms with Gasteiger partial charge < -0.3 is 9.79 Å². The third-order valence-electron chi connectivity index (χ3n) is 1.77. The lowest BCUT2D eigenvalue weighted by Crippen LogP contribution is -2.11. The smallest absolute Gasteiger partial charge is 0.321 e. The summed E-state index contributed by atoms with van der Waals surface area (Å²) in [5.41, 5.74) is -0.231. The molecule has 0 bridgehead atoms. The molecule has 0 unspecified atom stereocenters. The number of halogens is 1. The summed E-state index contributed by atoms with van der Waals surface area (Å²) in [5, 5.41) is 9.97. The Morgan fingerprint density at radius 1 is 1.47 bits per heavy atom. The lowest BCUT2D eigenvalue weighted by atomic mass is 10.2. The highest BCUT2D eigenvalue weighted by molar-refractivity contribution is 7.60. The van der Waals surface area contributed by atoms with E-state index in [9.17, 15) is 14.7 Å². The van der Waals surface area contributed by atoms with E-state index >= 15 is 0 Å². The molecular formula is C7H7ClNO5P. The minimum Gasteiger partial charge on any atom is -0.321 e. The summed E-state index contributed by atoms with van der Waals surface area (Å²) in [6.45, 7) is 1.51. The maximum absolute atomic E-state index is 11.0. The van der Waals surface area contributed by atoms with Gasteiger partial charge in [0.25, 0.3) is 5.69 Å². The Morgan fingerprint density at radius 2 is 2.00 bits per heavy atom. The number of nitro groups is 1. The molecule has 2 N–H and O–H groups in total. The van der Waals surface area contributed by atoms with Crippen LogP contribution in [-0.4, -0.2) is 14.7 Å². The fraction of sp³-hybridized carbons (Fsp3) is 0.143. The summed E-state index contributed by atoms with van der Waals surface area (Å²) in [7, 11) is -4.68. The fourth-order valence-corrected chi connectivity index (χ4v) is 2.02. The van der Waals surface area contributed by atoms with Crippen LogP contribution in [-0.2, 0) is 4.57 Å². The van der Waals surface area contributed by atoms with E-state index in [0.717, 1.165) is 12.1 Å². The van der Waals surface area contributed by atoms with Crippen LogP contribution in [0.15, 0.2) is 12.1 Å². The highest BCUT2D eigenvalue weighted by atomic mass is 35.5. The first-order valence-electron chi connectivity index (χ1n) is 3.74. The van der Waals surface area contributed by atoms with Crippen LogP contribution in [0.5, 0.6) is 0 Å². The van der Waals surface area contributed by atoms with Gasteiger partial charge in [-0.05, 0) is 18.6 Å². The predicted molar refractivity (Wildman–Crippen MR) is 54.5 cm³/mol. The van der Waals surface area contributed by atoms with Crippen molar-refractivity contribution < 1.29 is 19.3 Å². The Hall–Kier alpha value is -0.940. The number of nitrogens with zero attached hydrogens (tertiary/aromatic N) is 1. The molecule has 0 aliphatic rings. The lowest BCUT2D eigenvalue weighted by molar-refractivity contribution is -0.383. The first-order chi connectivity index (χ1) is 6.73. The topological polar surface area (TPSA) is 101 Å². The molecule has 15 heavy (non-hydrogen) atoms. The number of hydrogen-bond donors (Lipinski definition) is 2. The van der Waals surface area contributed by atoms with E-state index in [2.05, 4.69) is 0 Å². The van der Waals surface area contributed by atoms with Gasteiger partial charge in [-0.2, -0.15) is 0 Å². The third kappa shape index (κ3) is 2.54. The van der Waals surface area contributed by atoms with E-state index in [0.29, 0.717) is 5.56 Å². The van der Waals surface area contributed by atoms with Gasteiger partial charge in [-0.1, -0.05) is 11.6 Å². The Kier molecular flexibility index (Phi) is 3.16. The largest absolute Gasteiger partial charge is 0.363 e. The van der Waals surface area contributed by atoms with Crippen molar-refractivity contribution in [1.29, 1.82) is 0 Å². The number of rotatable bonds is 2. The van der Waals surface area contributed by atoms with E-state index < -0.39 is 23.5 Å². The van der Waals surface area contributed by atoms with Crippen LogP contribution in [0.3, 0.4) is 0 Å². The molecule has 0 spiro atoms. The van der Waals surface area contributed by atoms with Crippen LogP contribution in [0, 0.1) is 17.0 Å². The van der Waals surface area contributed by atoms with Crippen LogP contribution in [0.1, 0.15) is 5.56 Å². The van der Waals surface area contributed by atoms with Crippen LogP contribution >= 0.6 is 19.2 Å². The summed E-state index contributed by atoms with van der Waals surface area (Å²) < 4.78 is 11.0. The van der Waals surface area contributed by atoms with Crippen molar-refractivity contribution in [3.63, 3.8) is 0 Å². The molecule has 0 atom stereocenters. The molecule has 0 saturated carbocycles. The van der Waals surface area contributed by atoms with Gasteiger partial charge in [0.1, 0.15) is 5.30 Å². The molecule has 0 fully saturated rings. The Morgan fingerprint density at radius 3 is 2.40 bits per heavy atom. The summed E-state index contributed by atoms with van der Waals surface area (Å²) in [6, 6.07) is 1.96. The average molecular weight is 252 g/mol. The van der Waals surface area contributed by atoms with Crippen molar-refractivity contribution >= 4 is 30.2 Å². The molecule has 6 nitrogen and oxygen atoms in total. The maximum Gasteiger partial charge on any atom is 0.363 e. The monoisotopic (exact) mass is 251 g/mol. The first-order valence-corrected chi connectivity index (χ1v) is 5.73. The first kappa shape index (κ1) is 12.1. The zero-order valence-corrected chi connectivity index (χ0v) is 9.20. The zero-order chi connectivity index (χ0) is 11.8. The van der Waals surface area contributed by atoms with Crippen LogP contribution in [0.2, 0.25) is 5.02 Å². The van der Waals surface area contributed by atoms with Crippen molar-refractivity contribution in [2.75, 3.05) is 0 Å². The van der Waals surface area contributed by atoms with Crippen molar-refractivity contribution in [2.24, 2.45) is 0 Å². The van der Waals surface area contributed by atoms with E-state index in [1.807, 2.05) is 0 Å². The molecule has 0 amide bonds. The average Bonchev–Trinajstić information content (AvgIpc) is 2.06. The van der Waals surface area contributed by atoms with Crippen LogP contribution in [0.4, 0.5) is 5.69 Å². The number of aryl methyl sites for hydroxylation is 1. The molecule has 0 aliphatic heterocycles. The molecule has 8 heteroatoms. The van der Waals surface area contributed by atoms with Crippen LogP contribution < -0.4 is 5.30 Å². The summed E-state index contributed by atoms with van der Waals surface area (Å²) in [4.78, 5) is 27.5. The quantitative estimate of drug-likeness (QED) is 0.469. The Labute approximate surface area is 89.8 Å². The number of hydrogen-bond acceptors (Lipinski definition) is 3. The van der Waals surface area contributed by atoms with Crippen molar-refractivity contribution in [1.82, 2.24) is 0 Å². The molecule has 1 rings (SSSR count). The van der Waals surface area contributed by atoms with Gasteiger partial charge in [-0.25, -0.2) is 0 Å². The molecule has 0 heterocycles. The summed E-state index contributed by atoms with van der Waals surface area (Å²) >= 11 is 5.63. The number of nitro benzene ring substituents is 1. The van der Waals surface area contributed by atoms with Gasteiger partial charge >= 0.3 is 7.60 Å². The molecule has 0 saturated heterocycles. The van der Waals surface area contributed by atoms with Gasteiger partial charge in [-0.3, -0.25) is 14.7 Å². The molecule has 82 valence electrons. The van der Waals surface area contributed by atoms with E-state index in [1.165, 1.54) is 6.92 Å². The molecule has 0 aromatic heterocycles. The minimum atomic E-state index is -4.68. The third-order valence-corrected chi connectivity index (χ3v) is 3.16. The molecular weight excluding hydrogens is 245 g/mol. The normalized spacial score (nSPS) is 11.5. The highest BCUT2D eigenvalue weighted by Crippen LogP contribution is 2.38. The maximum atomic E-state index is 11.0. The lowest BCUT2D eigenvalue weighted by Gasteiger charge is -2.06. The van der Waals surface area contributed by atoms with Gasteiger partial charge in [-0.15, -0.1) is 0 Å². The highest BCUT2D eigenvalue weighted by Gasteiger charge is 2.29. The second-order valence-electron chi connectivity index (χ2n) is 2.89. The SMILES string of the molecule is Cc1cc([N+](=O)[O-])c(P(=O)(O)O)cc1Cl. The molecule has 1 aromatic carbocycles. The predicted octanol–water partition coefficient (Wildman–Crippen LogP) is 1.36. The standard InChI is InChI=1S/C7H7ClNO5P/c1-4-2-6(9(10)11)7(3-5(4)8)15(12,13)14/h2-3H,1H3,(H2,12,13,14). The second-order valence-corrected chi connectivity index (χ2v) is 4.87. The fourth-order valence-electron chi connectivity index (χ4n) is 1.04. The molecule has 1 aromatic rings. The Balaban J connectivity index is 3.56. The minimum absolute atomic E-state index is 0.0823. The summed E-state index contributed by atoms with van der Waals surface area (Å²) in [6.07, 6.45) is 0. The van der Waals surface area contributed by atoms with E-state index in [-0.39, 0.29) is 5.02 Å². The van der Waals surface area contributed by atoms with Crippen molar-refractivity contribution in [3.8, 4) is 0 Å². The van der Waals surface area contributed by atoms with E-state index in [4.69, 9.17) is 21.4 Å². The second kappa shape index (κ2) is 3.90. The van der Waals surface area contributed by atoms with Crippen molar-refractivity contribution in [3.05, 3.63) is 32.8 Å².